The van der Waals surface area contributed by atoms with Crippen LogP contribution < -0.4 is 15.6 Å². The van der Waals surface area contributed by atoms with Gasteiger partial charge in [-0.3, -0.25) is 14.3 Å². The van der Waals surface area contributed by atoms with Gasteiger partial charge in [0.1, 0.15) is 11.8 Å². The van der Waals surface area contributed by atoms with Gasteiger partial charge in [0.2, 0.25) is 5.91 Å². The molecule has 1 N–H and O–H groups in total. The zero-order valence-corrected chi connectivity index (χ0v) is 17.3. The topological polar surface area (TPSA) is 91.0 Å². The molecule has 29 heavy (non-hydrogen) atoms. The monoisotopic (exact) mass is 395 g/mol. The van der Waals surface area contributed by atoms with Gasteiger partial charge in [-0.1, -0.05) is 0 Å². The van der Waals surface area contributed by atoms with Gasteiger partial charge in [-0.05, 0) is 58.0 Å². The Labute approximate surface area is 169 Å². The Morgan fingerprint density at radius 3 is 2.41 bits per heavy atom. The summed E-state index contributed by atoms with van der Waals surface area (Å²) in [5, 5.41) is 11.7. The molecule has 8 nitrogen and oxygen atoms in total. The van der Waals surface area contributed by atoms with Crippen molar-refractivity contribution in [2.75, 3.05) is 11.9 Å². The van der Waals surface area contributed by atoms with E-state index in [9.17, 15) is 9.59 Å². The number of anilines is 1. The van der Waals surface area contributed by atoms with E-state index in [1.54, 1.807) is 41.9 Å². The maximum Gasteiger partial charge on any atom is 0.267 e. The van der Waals surface area contributed by atoms with Gasteiger partial charge in [0.05, 0.1) is 18.0 Å². The van der Waals surface area contributed by atoms with Crippen molar-refractivity contribution < 1.29 is 9.53 Å². The van der Waals surface area contributed by atoms with Crippen molar-refractivity contribution in [2.45, 2.75) is 33.7 Å². The summed E-state index contributed by atoms with van der Waals surface area (Å²) in [7, 11) is 1.86. The molecule has 0 aliphatic carbocycles. The molecular weight excluding hydrogens is 370 g/mol. The molecule has 8 heteroatoms. The first kappa shape index (κ1) is 20.3. The summed E-state index contributed by atoms with van der Waals surface area (Å²) in [5.41, 5.74) is 3.49. The Morgan fingerprint density at radius 2 is 1.83 bits per heavy atom. The minimum Gasteiger partial charge on any atom is -0.494 e. The highest BCUT2D eigenvalue weighted by Gasteiger charge is 2.20. The fourth-order valence-electron chi connectivity index (χ4n) is 3.14. The van der Waals surface area contributed by atoms with Crippen LogP contribution in [0.5, 0.6) is 5.75 Å². The van der Waals surface area contributed by atoms with E-state index in [0.717, 1.165) is 22.7 Å². The van der Waals surface area contributed by atoms with Gasteiger partial charge in [-0.25, -0.2) is 4.68 Å². The van der Waals surface area contributed by atoms with E-state index < -0.39 is 6.04 Å². The number of aryl methyl sites for hydroxylation is 2. The van der Waals surface area contributed by atoms with Crippen molar-refractivity contribution in [3.63, 3.8) is 0 Å². The second-order valence-corrected chi connectivity index (χ2v) is 6.79. The Hall–Kier alpha value is -3.42. The number of benzene rings is 1. The molecule has 1 aromatic carbocycles. The van der Waals surface area contributed by atoms with E-state index >= 15 is 0 Å². The van der Waals surface area contributed by atoms with Crippen molar-refractivity contribution in [1.82, 2.24) is 19.6 Å². The highest BCUT2D eigenvalue weighted by atomic mass is 16.5. The molecule has 0 aliphatic rings. The molecule has 2 aromatic heterocycles. The number of ether oxygens (including phenoxy) is 1. The zero-order valence-electron chi connectivity index (χ0n) is 17.3. The number of carbonyl (C=O) groups is 1. The molecule has 1 atom stereocenters. The fourth-order valence-corrected chi connectivity index (χ4v) is 3.14. The number of rotatable bonds is 6. The predicted octanol–water partition coefficient (Wildman–Crippen LogP) is 2.86. The summed E-state index contributed by atoms with van der Waals surface area (Å²) < 4.78 is 8.37. The molecule has 0 radical (unpaired) electrons. The SMILES string of the molecule is CCOc1ccc(NC(=O)[C@@H](C)n2nc(-c3c(C)nn(C)c3C)ccc2=O)cc1. The van der Waals surface area contributed by atoms with Gasteiger partial charge in [0.15, 0.2) is 0 Å². The predicted molar refractivity (Wildman–Crippen MR) is 111 cm³/mol. The van der Waals surface area contributed by atoms with Crippen LogP contribution in [-0.4, -0.2) is 32.1 Å². The molecular formula is C21H25N5O3. The van der Waals surface area contributed by atoms with E-state index in [2.05, 4.69) is 15.5 Å². The lowest BCUT2D eigenvalue weighted by molar-refractivity contribution is -0.119. The third-order valence-electron chi connectivity index (χ3n) is 4.77. The minimum absolute atomic E-state index is 0.333. The number of amides is 1. The maximum absolute atomic E-state index is 12.7. The molecule has 3 aromatic rings. The first-order chi connectivity index (χ1) is 13.8. The molecule has 0 aliphatic heterocycles. The van der Waals surface area contributed by atoms with Gasteiger partial charge < -0.3 is 10.1 Å². The van der Waals surface area contributed by atoms with Gasteiger partial charge >= 0.3 is 0 Å². The second-order valence-electron chi connectivity index (χ2n) is 6.79. The molecule has 0 spiro atoms. The number of carbonyl (C=O) groups excluding carboxylic acids is 1. The third-order valence-corrected chi connectivity index (χ3v) is 4.77. The van der Waals surface area contributed by atoms with Crippen LogP contribution in [0.3, 0.4) is 0 Å². The minimum atomic E-state index is -0.786. The molecule has 0 saturated carbocycles. The number of nitrogens with one attached hydrogen (secondary N) is 1. The number of nitrogens with zero attached hydrogens (tertiary/aromatic N) is 4. The average Bonchev–Trinajstić information content (AvgIpc) is 2.95. The Morgan fingerprint density at radius 1 is 1.14 bits per heavy atom. The van der Waals surface area contributed by atoms with E-state index in [1.165, 1.54) is 10.7 Å². The van der Waals surface area contributed by atoms with Crippen LogP contribution in [-0.2, 0) is 11.8 Å². The number of hydrogen-bond acceptors (Lipinski definition) is 5. The summed E-state index contributed by atoms with van der Waals surface area (Å²) in [6, 6.07) is 9.37. The molecule has 152 valence electrons. The lowest BCUT2D eigenvalue weighted by atomic mass is 10.1. The van der Waals surface area contributed by atoms with Crippen LogP contribution in [0.1, 0.15) is 31.3 Å². The smallest absolute Gasteiger partial charge is 0.267 e. The van der Waals surface area contributed by atoms with Crippen LogP contribution in [0.25, 0.3) is 11.3 Å². The molecule has 2 heterocycles. The average molecular weight is 395 g/mol. The first-order valence-electron chi connectivity index (χ1n) is 9.46. The molecule has 1 amide bonds. The highest BCUT2D eigenvalue weighted by Crippen LogP contribution is 2.24. The summed E-state index contributed by atoms with van der Waals surface area (Å²) in [5.74, 6) is 0.395. The standard InChI is InChI=1S/C21H25N5O3/c1-6-29-17-9-7-16(8-10-17)22-21(28)15(4)26-19(27)12-11-18(24-26)20-13(2)23-25(5)14(20)3/h7-12,15H,6H2,1-5H3,(H,22,28)/t15-/m1/s1. The van der Waals surface area contributed by atoms with E-state index in [-0.39, 0.29) is 11.5 Å². The quantitative estimate of drug-likeness (QED) is 0.693. The van der Waals surface area contributed by atoms with E-state index in [1.807, 2.05) is 27.8 Å². The fraction of sp³-hybridized carbons (Fsp3) is 0.333. The highest BCUT2D eigenvalue weighted by molar-refractivity contribution is 5.93. The second kappa shape index (κ2) is 8.30. The Bertz CT molecular complexity index is 1080. The maximum atomic E-state index is 12.7. The summed E-state index contributed by atoms with van der Waals surface area (Å²) in [6.45, 7) is 7.95. The van der Waals surface area contributed by atoms with E-state index in [4.69, 9.17) is 4.74 Å². The van der Waals surface area contributed by atoms with E-state index in [0.29, 0.717) is 18.0 Å². The van der Waals surface area contributed by atoms with Crippen molar-refractivity contribution in [3.8, 4) is 17.0 Å². The van der Waals surface area contributed by atoms with Gasteiger partial charge in [0.25, 0.3) is 5.56 Å². The Kier molecular flexibility index (Phi) is 5.81. The lowest BCUT2D eigenvalue weighted by Crippen LogP contribution is -2.33. The third kappa shape index (κ3) is 4.21. The van der Waals surface area contributed by atoms with Crippen molar-refractivity contribution in [3.05, 3.63) is 58.1 Å². The summed E-state index contributed by atoms with van der Waals surface area (Å²) in [4.78, 5) is 25.1. The largest absolute Gasteiger partial charge is 0.494 e. The molecule has 0 fully saturated rings. The van der Waals surface area contributed by atoms with Crippen LogP contribution in [0, 0.1) is 13.8 Å². The summed E-state index contributed by atoms with van der Waals surface area (Å²) >= 11 is 0. The normalized spacial score (nSPS) is 11.9. The van der Waals surface area contributed by atoms with Crippen LogP contribution in [0.15, 0.2) is 41.2 Å². The van der Waals surface area contributed by atoms with Crippen LogP contribution in [0.2, 0.25) is 0 Å². The molecule has 0 saturated heterocycles. The van der Waals surface area contributed by atoms with Crippen molar-refractivity contribution in [1.29, 1.82) is 0 Å². The van der Waals surface area contributed by atoms with Gasteiger partial charge in [-0.2, -0.15) is 10.2 Å². The van der Waals surface area contributed by atoms with Crippen LogP contribution >= 0.6 is 0 Å². The lowest BCUT2D eigenvalue weighted by Gasteiger charge is -2.15. The van der Waals surface area contributed by atoms with Crippen molar-refractivity contribution in [2.24, 2.45) is 7.05 Å². The molecule has 0 bridgehead atoms. The van der Waals surface area contributed by atoms with Gasteiger partial charge in [-0.15, -0.1) is 0 Å². The van der Waals surface area contributed by atoms with Crippen molar-refractivity contribution >= 4 is 11.6 Å². The first-order valence-corrected chi connectivity index (χ1v) is 9.46. The number of hydrogen-bond donors (Lipinski definition) is 1. The van der Waals surface area contributed by atoms with Crippen LogP contribution in [0.4, 0.5) is 5.69 Å². The summed E-state index contributed by atoms with van der Waals surface area (Å²) in [6.07, 6.45) is 0. The molecule has 3 rings (SSSR count). The zero-order chi connectivity index (χ0) is 21.1. The van der Waals surface area contributed by atoms with Gasteiger partial charge in [0, 0.05) is 30.1 Å². The number of aromatic nitrogens is 4. The molecule has 0 unspecified atom stereocenters. The Balaban J connectivity index is 1.85.